The Balaban J connectivity index is 2.05. The largest absolute Gasteiger partial charge is 0.507 e. The van der Waals surface area contributed by atoms with Gasteiger partial charge in [-0.25, -0.2) is 0 Å². The minimum Gasteiger partial charge on any atom is -0.507 e. The van der Waals surface area contributed by atoms with E-state index in [4.69, 9.17) is 9.15 Å². The molecule has 3 rings (SSSR count). The number of ketones is 1. The van der Waals surface area contributed by atoms with Crippen LogP contribution in [-0.4, -0.2) is 59.9 Å². The highest BCUT2D eigenvalue weighted by Crippen LogP contribution is 2.40. The molecule has 0 spiro atoms. The molecule has 1 amide bonds. The fourth-order valence-electron chi connectivity index (χ4n) is 3.71. The third kappa shape index (κ3) is 4.99. The molecule has 1 fully saturated rings. The number of nitrogens with zero attached hydrogens (tertiary/aromatic N) is 2. The standard InChI is InChI=1S/C24H30N2O5/c1-15(2)30-18-9-6-8-17(14-18)22(27)20-21(19-11-10-16(3)31-19)26(24(29)23(20)28)13-7-12-25(4)5/h6,8-11,14-15,21,27H,7,12-13H2,1-5H3/b22-20-. The molecular formula is C24H30N2O5. The summed E-state index contributed by atoms with van der Waals surface area (Å²) in [6.07, 6.45) is 0.652. The van der Waals surface area contributed by atoms with E-state index in [9.17, 15) is 14.7 Å². The number of furan rings is 1. The van der Waals surface area contributed by atoms with E-state index >= 15 is 0 Å². The van der Waals surface area contributed by atoms with Crippen molar-refractivity contribution in [1.82, 2.24) is 9.80 Å². The zero-order valence-electron chi connectivity index (χ0n) is 18.7. The number of ether oxygens (including phenoxy) is 1. The summed E-state index contributed by atoms with van der Waals surface area (Å²) < 4.78 is 11.5. The van der Waals surface area contributed by atoms with Gasteiger partial charge in [0.2, 0.25) is 0 Å². The monoisotopic (exact) mass is 426 g/mol. The molecule has 0 saturated carbocycles. The summed E-state index contributed by atoms with van der Waals surface area (Å²) in [6, 6.07) is 9.63. The summed E-state index contributed by atoms with van der Waals surface area (Å²) in [5.41, 5.74) is 0.448. The maximum Gasteiger partial charge on any atom is 0.295 e. The lowest BCUT2D eigenvalue weighted by Crippen LogP contribution is -2.32. The average molecular weight is 427 g/mol. The highest BCUT2D eigenvalue weighted by molar-refractivity contribution is 6.46. The first kappa shape index (κ1) is 22.6. The van der Waals surface area contributed by atoms with E-state index in [1.165, 1.54) is 4.90 Å². The number of Topliss-reactive ketones (excluding diaryl/α,β-unsaturated/α-hetero) is 1. The normalized spacial score (nSPS) is 18.4. The molecule has 2 aromatic rings. The number of likely N-dealkylation sites (tertiary alicyclic amines) is 1. The van der Waals surface area contributed by atoms with Gasteiger partial charge in [0.1, 0.15) is 29.1 Å². The smallest absolute Gasteiger partial charge is 0.295 e. The Hall–Kier alpha value is -3.06. The first-order chi connectivity index (χ1) is 14.7. The van der Waals surface area contributed by atoms with E-state index in [2.05, 4.69) is 0 Å². The number of hydrogen-bond acceptors (Lipinski definition) is 6. The number of aliphatic hydroxyl groups excluding tert-OH is 1. The van der Waals surface area contributed by atoms with Gasteiger partial charge in [0.05, 0.1) is 11.7 Å². The van der Waals surface area contributed by atoms with Gasteiger partial charge in [0.15, 0.2) is 0 Å². The van der Waals surface area contributed by atoms with Gasteiger partial charge >= 0.3 is 0 Å². The molecule has 1 aliphatic rings. The van der Waals surface area contributed by atoms with Crippen LogP contribution in [0.5, 0.6) is 5.75 Å². The average Bonchev–Trinajstić information content (AvgIpc) is 3.23. The Morgan fingerprint density at radius 2 is 1.97 bits per heavy atom. The maximum atomic E-state index is 13.0. The fraction of sp³-hybridized carbons (Fsp3) is 0.417. The predicted octanol–water partition coefficient (Wildman–Crippen LogP) is 3.75. The predicted molar refractivity (Wildman–Crippen MR) is 118 cm³/mol. The summed E-state index contributed by atoms with van der Waals surface area (Å²) in [7, 11) is 3.90. The van der Waals surface area contributed by atoms with Crippen LogP contribution in [0.1, 0.15) is 43.4 Å². The third-order valence-corrected chi connectivity index (χ3v) is 5.05. The van der Waals surface area contributed by atoms with Gasteiger partial charge in [-0.1, -0.05) is 12.1 Å². The molecule has 1 N–H and O–H groups in total. The van der Waals surface area contributed by atoms with E-state index in [1.54, 1.807) is 43.3 Å². The molecule has 1 aromatic carbocycles. The van der Waals surface area contributed by atoms with Gasteiger partial charge in [-0.15, -0.1) is 0 Å². The quantitative estimate of drug-likeness (QED) is 0.393. The molecule has 166 valence electrons. The second-order valence-corrected chi connectivity index (χ2v) is 8.29. The summed E-state index contributed by atoms with van der Waals surface area (Å²) in [5, 5.41) is 11.1. The Bertz CT molecular complexity index is 989. The van der Waals surface area contributed by atoms with Crippen LogP contribution in [0.25, 0.3) is 5.76 Å². The minimum absolute atomic E-state index is 0.0332. The van der Waals surface area contributed by atoms with Crippen molar-refractivity contribution < 1.29 is 23.8 Å². The van der Waals surface area contributed by atoms with Crippen LogP contribution >= 0.6 is 0 Å². The van der Waals surface area contributed by atoms with Gasteiger partial charge in [0, 0.05) is 12.1 Å². The molecule has 1 aliphatic heterocycles. The number of carbonyl (C=O) groups excluding carboxylic acids is 2. The molecule has 31 heavy (non-hydrogen) atoms. The van der Waals surface area contributed by atoms with E-state index in [0.29, 0.717) is 35.8 Å². The Kier molecular flexibility index (Phi) is 6.85. The van der Waals surface area contributed by atoms with Crippen LogP contribution in [0.15, 0.2) is 46.4 Å². The van der Waals surface area contributed by atoms with E-state index < -0.39 is 17.7 Å². The van der Waals surface area contributed by atoms with E-state index in [-0.39, 0.29) is 17.4 Å². The lowest BCUT2D eigenvalue weighted by molar-refractivity contribution is -0.140. The number of hydrogen-bond donors (Lipinski definition) is 1. The molecule has 7 nitrogen and oxygen atoms in total. The van der Waals surface area contributed by atoms with Crippen molar-refractivity contribution in [1.29, 1.82) is 0 Å². The molecule has 0 radical (unpaired) electrons. The number of aliphatic hydroxyl groups is 1. The molecule has 1 unspecified atom stereocenters. The molecule has 2 heterocycles. The summed E-state index contributed by atoms with van der Waals surface area (Å²) in [5.74, 6) is 0.121. The van der Waals surface area contributed by atoms with Gasteiger partial charge in [0.25, 0.3) is 11.7 Å². The minimum atomic E-state index is -0.773. The van der Waals surface area contributed by atoms with Crippen LogP contribution < -0.4 is 4.74 Å². The first-order valence-electron chi connectivity index (χ1n) is 10.5. The van der Waals surface area contributed by atoms with Crippen LogP contribution in [0.3, 0.4) is 0 Å². The highest BCUT2D eigenvalue weighted by atomic mass is 16.5. The molecule has 0 bridgehead atoms. The zero-order valence-corrected chi connectivity index (χ0v) is 18.7. The van der Waals surface area contributed by atoms with Gasteiger partial charge < -0.3 is 24.1 Å². The van der Waals surface area contributed by atoms with Crippen molar-refractivity contribution in [2.75, 3.05) is 27.2 Å². The molecule has 0 aliphatic carbocycles. The van der Waals surface area contributed by atoms with Crippen LogP contribution in [0.2, 0.25) is 0 Å². The zero-order chi connectivity index (χ0) is 22.7. The van der Waals surface area contributed by atoms with Crippen molar-refractivity contribution in [2.45, 2.75) is 39.3 Å². The number of aryl methyl sites for hydroxylation is 1. The SMILES string of the molecule is Cc1ccc(C2/C(=C(/O)c3cccc(OC(C)C)c3)C(=O)C(=O)N2CCCN(C)C)o1. The Morgan fingerprint density at radius 1 is 1.23 bits per heavy atom. The first-order valence-corrected chi connectivity index (χ1v) is 10.5. The Morgan fingerprint density at radius 3 is 2.58 bits per heavy atom. The van der Waals surface area contributed by atoms with Crippen LogP contribution in [-0.2, 0) is 9.59 Å². The topological polar surface area (TPSA) is 83.2 Å². The van der Waals surface area contributed by atoms with Crippen molar-refractivity contribution in [3.63, 3.8) is 0 Å². The van der Waals surface area contributed by atoms with Crippen LogP contribution in [0.4, 0.5) is 0 Å². The maximum absolute atomic E-state index is 13.0. The van der Waals surface area contributed by atoms with Crippen molar-refractivity contribution in [3.8, 4) is 5.75 Å². The molecule has 1 atom stereocenters. The van der Waals surface area contributed by atoms with Crippen molar-refractivity contribution in [2.24, 2.45) is 0 Å². The summed E-state index contributed by atoms with van der Waals surface area (Å²) in [4.78, 5) is 29.4. The lowest BCUT2D eigenvalue weighted by atomic mass is 9.99. The molecular weight excluding hydrogens is 396 g/mol. The second kappa shape index (κ2) is 9.39. The van der Waals surface area contributed by atoms with E-state index in [1.807, 2.05) is 32.8 Å². The number of carbonyl (C=O) groups is 2. The Labute approximate surface area is 182 Å². The van der Waals surface area contributed by atoms with Gasteiger partial charge in [-0.2, -0.15) is 0 Å². The van der Waals surface area contributed by atoms with Gasteiger partial charge in [-0.05, 0) is 72.1 Å². The molecule has 1 aromatic heterocycles. The van der Waals surface area contributed by atoms with E-state index in [0.717, 1.165) is 6.54 Å². The van der Waals surface area contributed by atoms with Gasteiger partial charge in [-0.3, -0.25) is 9.59 Å². The summed E-state index contributed by atoms with van der Waals surface area (Å²) in [6.45, 7) is 6.76. The number of benzene rings is 1. The van der Waals surface area contributed by atoms with Crippen LogP contribution in [0, 0.1) is 6.92 Å². The second-order valence-electron chi connectivity index (χ2n) is 8.29. The number of rotatable bonds is 8. The lowest BCUT2D eigenvalue weighted by Gasteiger charge is -2.24. The molecule has 7 heteroatoms. The number of amides is 1. The highest BCUT2D eigenvalue weighted by Gasteiger charge is 2.47. The van der Waals surface area contributed by atoms with Crippen molar-refractivity contribution in [3.05, 3.63) is 59.1 Å². The summed E-state index contributed by atoms with van der Waals surface area (Å²) >= 11 is 0. The fourth-order valence-corrected chi connectivity index (χ4v) is 3.71. The third-order valence-electron chi connectivity index (χ3n) is 5.05. The molecule has 1 saturated heterocycles. The van der Waals surface area contributed by atoms with Crippen molar-refractivity contribution >= 4 is 17.4 Å².